The van der Waals surface area contributed by atoms with E-state index in [2.05, 4.69) is 94.8 Å². The molecule has 0 radical (unpaired) electrons. The van der Waals surface area contributed by atoms with Crippen molar-refractivity contribution < 1.29 is 0 Å². The lowest BCUT2D eigenvalue weighted by Gasteiger charge is -2.31. The second-order valence-corrected chi connectivity index (χ2v) is 6.22. The molecule has 0 atom stereocenters. The Bertz CT molecular complexity index is 584. The Morgan fingerprint density at radius 2 is 1.30 bits per heavy atom. The molecule has 0 aromatic heterocycles. The van der Waals surface area contributed by atoms with Gasteiger partial charge in [0.2, 0.25) is 0 Å². The molecule has 0 aliphatic heterocycles. The number of alkyl halides is 1. The average Bonchev–Trinajstić information content (AvgIpc) is 2.56. The van der Waals surface area contributed by atoms with Gasteiger partial charge in [-0.25, -0.2) is 0 Å². The summed E-state index contributed by atoms with van der Waals surface area (Å²) in [6.07, 6.45) is 9.10. The van der Waals surface area contributed by atoms with Crippen molar-refractivity contribution in [2.24, 2.45) is 0 Å². The fourth-order valence-electron chi connectivity index (χ4n) is 2.70. The highest BCUT2D eigenvalue weighted by atomic mass is 79.9. The van der Waals surface area contributed by atoms with E-state index in [9.17, 15) is 0 Å². The van der Waals surface area contributed by atoms with Gasteiger partial charge in [0, 0.05) is 0 Å². The smallest absolute Gasteiger partial charge is 0.0839 e. The Morgan fingerprint density at radius 1 is 0.750 bits per heavy atom. The second kappa shape index (κ2) is 5.80. The first-order valence-electron chi connectivity index (χ1n) is 6.99. The van der Waals surface area contributed by atoms with Crippen molar-refractivity contribution in [2.75, 3.05) is 0 Å². The predicted octanol–water partition coefficient (Wildman–Crippen LogP) is 5.60. The molecule has 0 amide bonds. The first kappa shape index (κ1) is 13.4. The van der Waals surface area contributed by atoms with E-state index in [4.69, 9.17) is 0 Å². The SMILES string of the molecule is BrC(C1=CCCC=C1)(c1ccccc1)c1ccccc1. The fraction of sp³-hybridized carbons (Fsp3) is 0.158. The van der Waals surface area contributed by atoms with E-state index in [0.717, 1.165) is 12.8 Å². The molecule has 0 spiro atoms. The van der Waals surface area contributed by atoms with Crippen LogP contribution in [0.4, 0.5) is 0 Å². The molecule has 1 aliphatic rings. The second-order valence-electron chi connectivity index (χ2n) is 5.03. The number of halogens is 1. The highest BCUT2D eigenvalue weighted by Gasteiger charge is 2.34. The Balaban J connectivity index is 2.18. The summed E-state index contributed by atoms with van der Waals surface area (Å²) in [6.45, 7) is 0. The Kier molecular flexibility index (Phi) is 3.88. The number of allylic oxidation sites excluding steroid dienone is 4. The van der Waals surface area contributed by atoms with Gasteiger partial charge in [-0.05, 0) is 29.5 Å². The highest BCUT2D eigenvalue weighted by molar-refractivity contribution is 9.10. The summed E-state index contributed by atoms with van der Waals surface area (Å²) in [4.78, 5) is 0. The third-order valence-electron chi connectivity index (χ3n) is 3.74. The summed E-state index contributed by atoms with van der Waals surface area (Å²) in [5, 5.41) is 0. The zero-order chi connectivity index (χ0) is 13.8. The maximum atomic E-state index is 4.04. The molecule has 20 heavy (non-hydrogen) atoms. The van der Waals surface area contributed by atoms with Crippen LogP contribution in [0.2, 0.25) is 0 Å². The predicted molar refractivity (Wildman–Crippen MR) is 89.0 cm³/mol. The van der Waals surface area contributed by atoms with Crippen LogP contribution in [-0.2, 0) is 4.32 Å². The quantitative estimate of drug-likeness (QED) is 0.644. The van der Waals surface area contributed by atoms with Crippen molar-refractivity contribution in [3.8, 4) is 0 Å². The van der Waals surface area contributed by atoms with E-state index in [1.165, 1.54) is 16.7 Å². The molecule has 0 unspecified atom stereocenters. The van der Waals surface area contributed by atoms with Crippen LogP contribution in [0, 0.1) is 0 Å². The van der Waals surface area contributed by atoms with Crippen LogP contribution in [0.1, 0.15) is 24.0 Å². The van der Waals surface area contributed by atoms with Gasteiger partial charge in [0.15, 0.2) is 0 Å². The molecule has 0 saturated carbocycles. The van der Waals surface area contributed by atoms with Crippen LogP contribution < -0.4 is 0 Å². The molecule has 2 aromatic rings. The summed E-state index contributed by atoms with van der Waals surface area (Å²) < 4.78 is -0.258. The van der Waals surface area contributed by atoms with E-state index in [0.29, 0.717) is 0 Å². The molecular formula is C19H17Br. The van der Waals surface area contributed by atoms with Gasteiger partial charge in [-0.2, -0.15) is 0 Å². The summed E-state index contributed by atoms with van der Waals surface area (Å²) in [5.74, 6) is 0. The van der Waals surface area contributed by atoms with Gasteiger partial charge < -0.3 is 0 Å². The van der Waals surface area contributed by atoms with Gasteiger partial charge in [-0.15, -0.1) is 0 Å². The zero-order valence-electron chi connectivity index (χ0n) is 11.3. The minimum Gasteiger partial charge on any atom is -0.0839 e. The monoisotopic (exact) mass is 324 g/mol. The van der Waals surface area contributed by atoms with Crippen LogP contribution in [-0.4, -0.2) is 0 Å². The molecule has 0 N–H and O–H groups in total. The van der Waals surface area contributed by atoms with E-state index >= 15 is 0 Å². The topological polar surface area (TPSA) is 0 Å². The summed E-state index contributed by atoms with van der Waals surface area (Å²) >= 11 is 4.04. The van der Waals surface area contributed by atoms with Crippen molar-refractivity contribution in [1.29, 1.82) is 0 Å². The van der Waals surface area contributed by atoms with Gasteiger partial charge in [0.05, 0.1) is 0 Å². The summed E-state index contributed by atoms with van der Waals surface area (Å²) in [5.41, 5.74) is 3.86. The molecule has 1 aliphatic carbocycles. The van der Waals surface area contributed by atoms with E-state index in [-0.39, 0.29) is 4.32 Å². The summed E-state index contributed by atoms with van der Waals surface area (Å²) in [7, 11) is 0. The fourth-order valence-corrected chi connectivity index (χ4v) is 3.53. The highest BCUT2D eigenvalue weighted by Crippen LogP contribution is 2.46. The lowest BCUT2D eigenvalue weighted by molar-refractivity contribution is 0.878. The molecule has 0 heterocycles. The average molecular weight is 325 g/mol. The summed E-state index contributed by atoms with van der Waals surface area (Å²) in [6, 6.07) is 21.3. The van der Waals surface area contributed by atoms with Crippen LogP contribution in [0.3, 0.4) is 0 Å². The number of hydrogen-bond acceptors (Lipinski definition) is 0. The van der Waals surface area contributed by atoms with Gasteiger partial charge in [0.1, 0.15) is 4.32 Å². The molecule has 0 bridgehead atoms. The normalized spacial score (nSPS) is 14.9. The van der Waals surface area contributed by atoms with Gasteiger partial charge in [-0.1, -0.05) is 94.8 Å². The lowest BCUT2D eigenvalue weighted by Crippen LogP contribution is -2.22. The van der Waals surface area contributed by atoms with E-state index in [1.807, 2.05) is 0 Å². The largest absolute Gasteiger partial charge is 0.100 e. The molecule has 1 heteroatoms. The third-order valence-corrected chi connectivity index (χ3v) is 5.11. The molecule has 2 aromatic carbocycles. The van der Waals surface area contributed by atoms with Crippen molar-refractivity contribution in [2.45, 2.75) is 17.2 Å². The third kappa shape index (κ3) is 2.38. The van der Waals surface area contributed by atoms with Gasteiger partial charge in [0.25, 0.3) is 0 Å². The molecule has 3 rings (SSSR count). The van der Waals surface area contributed by atoms with Crippen molar-refractivity contribution in [1.82, 2.24) is 0 Å². The molecule has 0 fully saturated rings. The number of hydrogen-bond donors (Lipinski definition) is 0. The minimum absolute atomic E-state index is 0.258. The minimum atomic E-state index is -0.258. The Labute approximate surface area is 129 Å². The standard InChI is InChI=1S/C19H17Br/c20-19(16-10-4-1-5-11-16,17-12-6-2-7-13-17)18-14-8-3-9-15-18/h1-2,4-8,10-15H,3,9H2. The van der Waals surface area contributed by atoms with Crippen LogP contribution in [0.15, 0.2) is 84.5 Å². The van der Waals surface area contributed by atoms with Gasteiger partial charge >= 0.3 is 0 Å². The van der Waals surface area contributed by atoms with Crippen molar-refractivity contribution in [3.05, 3.63) is 95.6 Å². The van der Waals surface area contributed by atoms with Crippen molar-refractivity contribution >= 4 is 15.9 Å². The first-order chi connectivity index (χ1) is 9.82. The Hall–Kier alpha value is -1.60. The number of rotatable bonds is 3. The maximum Gasteiger partial charge on any atom is 0.100 e. The van der Waals surface area contributed by atoms with Crippen LogP contribution >= 0.6 is 15.9 Å². The van der Waals surface area contributed by atoms with E-state index < -0.39 is 0 Å². The van der Waals surface area contributed by atoms with E-state index in [1.54, 1.807) is 0 Å². The molecular weight excluding hydrogens is 308 g/mol. The number of benzene rings is 2. The maximum absolute atomic E-state index is 4.04. The van der Waals surface area contributed by atoms with Crippen LogP contribution in [0.25, 0.3) is 0 Å². The van der Waals surface area contributed by atoms with Crippen molar-refractivity contribution in [3.63, 3.8) is 0 Å². The Morgan fingerprint density at radius 3 is 1.75 bits per heavy atom. The lowest BCUT2D eigenvalue weighted by atomic mass is 9.82. The first-order valence-corrected chi connectivity index (χ1v) is 7.78. The molecule has 0 nitrogen and oxygen atoms in total. The molecule has 0 saturated heterocycles. The zero-order valence-corrected chi connectivity index (χ0v) is 12.9. The van der Waals surface area contributed by atoms with Gasteiger partial charge in [-0.3, -0.25) is 0 Å². The van der Waals surface area contributed by atoms with Crippen LogP contribution in [0.5, 0.6) is 0 Å². The molecule has 100 valence electrons.